The van der Waals surface area contributed by atoms with Crippen molar-refractivity contribution in [1.29, 1.82) is 0 Å². The highest BCUT2D eigenvalue weighted by molar-refractivity contribution is 7.80. The third-order valence-corrected chi connectivity index (χ3v) is 2.65. The molecule has 0 amide bonds. The number of hydrogen-bond acceptors (Lipinski definition) is 2. The average Bonchev–Trinajstić information content (AvgIpc) is 2.40. The zero-order valence-corrected chi connectivity index (χ0v) is 11.4. The summed E-state index contributed by atoms with van der Waals surface area (Å²) in [5, 5.41) is 7.63. The molecule has 0 aliphatic carbocycles. The maximum absolute atomic E-state index is 5.16. The van der Waals surface area contributed by atoms with E-state index in [1.807, 2.05) is 61.5 Å². The van der Waals surface area contributed by atoms with Crippen molar-refractivity contribution >= 4 is 29.2 Å². The van der Waals surface area contributed by atoms with Gasteiger partial charge in [-0.1, -0.05) is 42.5 Å². The number of thiocarbonyl (C=S) groups is 1. The van der Waals surface area contributed by atoms with Gasteiger partial charge in [-0.25, -0.2) is 0 Å². The molecule has 0 saturated carbocycles. The van der Waals surface area contributed by atoms with Crippen LogP contribution in [0.25, 0.3) is 0 Å². The molecule has 2 rings (SSSR count). The van der Waals surface area contributed by atoms with Crippen LogP contribution in [0.1, 0.15) is 11.1 Å². The fraction of sp³-hybridized carbons (Fsp3) is 0.0667. The second-order valence-corrected chi connectivity index (χ2v) is 4.51. The van der Waals surface area contributed by atoms with Crippen LogP contribution in [0.3, 0.4) is 0 Å². The lowest BCUT2D eigenvalue weighted by Crippen LogP contribution is -2.23. The fourth-order valence-electron chi connectivity index (χ4n) is 1.59. The Morgan fingerprint density at radius 1 is 1.11 bits per heavy atom. The van der Waals surface area contributed by atoms with Gasteiger partial charge in [0.05, 0.1) is 6.21 Å². The summed E-state index contributed by atoms with van der Waals surface area (Å²) in [7, 11) is 0. The second-order valence-electron chi connectivity index (χ2n) is 4.10. The van der Waals surface area contributed by atoms with E-state index in [2.05, 4.69) is 15.8 Å². The summed E-state index contributed by atoms with van der Waals surface area (Å²) in [4.78, 5) is 0. The van der Waals surface area contributed by atoms with Gasteiger partial charge in [-0.3, -0.25) is 5.43 Å². The van der Waals surface area contributed by atoms with Crippen LogP contribution in [0.2, 0.25) is 0 Å². The van der Waals surface area contributed by atoms with Gasteiger partial charge >= 0.3 is 0 Å². The minimum absolute atomic E-state index is 0.470. The van der Waals surface area contributed by atoms with Gasteiger partial charge in [-0.15, -0.1) is 0 Å². The molecule has 0 radical (unpaired) electrons. The topological polar surface area (TPSA) is 36.4 Å². The molecule has 0 aromatic heterocycles. The SMILES string of the molecule is Cc1cccc(NC(=S)N/N=C/c2ccccc2)c1. The number of anilines is 1. The molecule has 0 fully saturated rings. The molecule has 0 spiro atoms. The molecule has 0 atom stereocenters. The van der Waals surface area contributed by atoms with Gasteiger partial charge in [-0.05, 0) is 42.4 Å². The molecular weight excluding hydrogens is 254 g/mol. The molecular formula is C15H15N3S. The first kappa shape index (κ1) is 13.2. The number of hydrazone groups is 1. The third-order valence-electron chi connectivity index (χ3n) is 2.46. The fourth-order valence-corrected chi connectivity index (χ4v) is 1.76. The van der Waals surface area contributed by atoms with E-state index < -0.39 is 0 Å². The van der Waals surface area contributed by atoms with Gasteiger partial charge in [0.1, 0.15) is 0 Å². The number of aryl methyl sites for hydroxylation is 1. The summed E-state index contributed by atoms with van der Waals surface area (Å²) in [5.74, 6) is 0. The summed E-state index contributed by atoms with van der Waals surface area (Å²) in [6.07, 6.45) is 1.73. The highest BCUT2D eigenvalue weighted by Crippen LogP contribution is 2.08. The van der Waals surface area contributed by atoms with E-state index in [1.165, 1.54) is 5.56 Å². The summed E-state index contributed by atoms with van der Waals surface area (Å²) in [6, 6.07) is 17.8. The van der Waals surface area contributed by atoms with Gasteiger partial charge in [0.2, 0.25) is 0 Å². The largest absolute Gasteiger partial charge is 0.331 e. The molecule has 4 heteroatoms. The zero-order valence-electron chi connectivity index (χ0n) is 10.6. The molecule has 96 valence electrons. The Labute approximate surface area is 118 Å². The Morgan fingerprint density at radius 3 is 2.63 bits per heavy atom. The van der Waals surface area contributed by atoms with E-state index in [0.717, 1.165) is 11.3 Å². The van der Waals surface area contributed by atoms with E-state index in [4.69, 9.17) is 12.2 Å². The number of rotatable bonds is 3. The smallest absolute Gasteiger partial charge is 0.191 e. The van der Waals surface area contributed by atoms with Crippen LogP contribution in [0.5, 0.6) is 0 Å². The van der Waals surface area contributed by atoms with Crippen LogP contribution in [0, 0.1) is 6.92 Å². The monoisotopic (exact) mass is 269 g/mol. The highest BCUT2D eigenvalue weighted by Gasteiger charge is 1.95. The van der Waals surface area contributed by atoms with Crippen molar-refractivity contribution in [3.8, 4) is 0 Å². The molecule has 0 aliphatic heterocycles. The first-order valence-electron chi connectivity index (χ1n) is 5.96. The first-order chi connectivity index (χ1) is 9.24. The van der Waals surface area contributed by atoms with Gasteiger partial charge < -0.3 is 5.32 Å². The van der Waals surface area contributed by atoms with Crippen LogP contribution < -0.4 is 10.7 Å². The van der Waals surface area contributed by atoms with Gasteiger partial charge in [0, 0.05) is 5.69 Å². The first-order valence-corrected chi connectivity index (χ1v) is 6.36. The number of hydrogen-bond donors (Lipinski definition) is 2. The minimum atomic E-state index is 0.470. The maximum atomic E-state index is 5.16. The molecule has 3 nitrogen and oxygen atoms in total. The molecule has 2 aromatic carbocycles. The van der Waals surface area contributed by atoms with Gasteiger partial charge in [-0.2, -0.15) is 5.10 Å². The van der Waals surface area contributed by atoms with E-state index in [9.17, 15) is 0 Å². The van der Waals surface area contributed by atoms with Crippen molar-refractivity contribution in [2.45, 2.75) is 6.92 Å². The van der Waals surface area contributed by atoms with Crippen LogP contribution in [-0.2, 0) is 0 Å². The summed E-state index contributed by atoms with van der Waals surface area (Å²) in [5.41, 5.74) is 5.94. The quantitative estimate of drug-likeness (QED) is 0.510. The zero-order chi connectivity index (χ0) is 13.5. The van der Waals surface area contributed by atoms with E-state index in [1.54, 1.807) is 6.21 Å². The molecule has 2 aromatic rings. The molecule has 19 heavy (non-hydrogen) atoms. The lowest BCUT2D eigenvalue weighted by Gasteiger charge is -2.07. The Balaban J connectivity index is 1.87. The predicted molar refractivity (Wildman–Crippen MR) is 84.6 cm³/mol. The summed E-state index contributed by atoms with van der Waals surface area (Å²) >= 11 is 5.16. The normalized spacial score (nSPS) is 10.4. The van der Waals surface area contributed by atoms with Crippen LogP contribution in [0.4, 0.5) is 5.69 Å². The van der Waals surface area contributed by atoms with Crippen molar-refractivity contribution in [2.24, 2.45) is 5.10 Å². The third kappa shape index (κ3) is 4.52. The van der Waals surface area contributed by atoms with E-state index >= 15 is 0 Å². The average molecular weight is 269 g/mol. The highest BCUT2D eigenvalue weighted by atomic mass is 32.1. The van der Waals surface area contributed by atoms with Crippen LogP contribution in [0.15, 0.2) is 59.7 Å². The van der Waals surface area contributed by atoms with Crippen molar-refractivity contribution in [3.05, 3.63) is 65.7 Å². The number of benzene rings is 2. The molecule has 0 heterocycles. The molecule has 0 saturated heterocycles. The molecule has 0 bridgehead atoms. The molecule has 2 N–H and O–H groups in total. The molecule has 0 unspecified atom stereocenters. The van der Waals surface area contributed by atoms with Crippen LogP contribution >= 0.6 is 12.2 Å². The van der Waals surface area contributed by atoms with Crippen molar-refractivity contribution in [2.75, 3.05) is 5.32 Å². The summed E-state index contributed by atoms with van der Waals surface area (Å²) < 4.78 is 0. The maximum Gasteiger partial charge on any atom is 0.191 e. The predicted octanol–water partition coefficient (Wildman–Crippen LogP) is 3.32. The van der Waals surface area contributed by atoms with Crippen LogP contribution in [-0.4, -0.2) is 11.3 Å². The van der Waals surface area contributed by atoms with E-state index in [-0.39, 0.29) is 0 Å². The number of nitrogens with one attached hydrogen (secondary N) is 2. The Hall–Kier alpha value is -2.20. The van der Waals surface area contributed by atoms with Gasteiger partial charge in [0.25, 0.3) is 0 Å². The lowest BCUT2D eigenvalue weighted by atomic mass is 10.2. The van der Waals surface area contributed by atoms with Crippen molar-refractivity contribution in [1.82, 2.24) is 5.43 Å². The second kappa shape index (κ2) is 6.66. The van der Waals surface area contributed by atoms with Gasteiger partial charge in [0.15, 0.2) is 5.11 Å². The Bertz CT molecular complexity index is 579. The summed E-state index contributed by atoms with van der Waals surface area (Å²) in [6.45, 7) is 2.04. The lowest BCUT2D eigenvalue weighted by molar-refractivity contribution is 1.05. The Kier molecular flexibility index (Phi) is 4.64. The minimum Gasteiger partial charge on any atom is -0.331 e. The van der Waals surface area contributed by atoms with E-state index in [0.29, 0.717) is 5.11 Å². The van der Waals surface area contributed by atoms with Crippen molar-refractivity contribution < 1.29 is 0 Å². The Morgan fingerprint density at radius 2 is 1.89 bits per heavy atom. The standard InChI is InChI=1S/C15H15N3S/c1-12-6-5-9-14(10-12)17-15(19)18-16-11-13-7-3-2-4-8-13/h2-11H,1H3,(H2,17,18,19)/b16-11+. The van der Waals surface area contributed by atoms with Crippen molar-refractivity contribution in [3.63, 3.8) is 0 Å². The number of nitrogens with zero attached hydrogens (tertiary/aromatic N) is 1. The molecule has 0 aliphatic rings.